The van der Waals surface area contributed by atoms with Crippen molar-refractivity contribution in [3.8, 4) is 0 Å². The van der Waals surface area contributed by atoms with Gasteiger partial charge < -0.3 is 14.6 Å². The van der Waals surface area contributed by atoms with Gasteiger partial charge in [-0.05, 0) is 25.7 Å². The molecule has 1 atom stereocenters. The Hall–Kier alpha value is -0.200. The van der Waals surface area contributed by atoms with E-state index in [9.17, 15) is 5.11 Å². The molecular weight excluding hydrogens is 280 g/mol. The second kappa shape index (κ2) is 8.60. The molecule has 128 valence electrons. The molecular formula is C17H32N2O3. The number of ether oxygens (including phenoxy) is 2. The monoisotopic (exact) mass is 312 g/mol. The van der Waals surface area contributed by atoms with Crippen LogP contribution in [0.5, 0.6) is 0 Å². The van der Waals surface area contributed by atoms with Gasteiger partial charge in [0.25, 0.3) is 0 Å². The Balaban J connectivity index is 1.30. The van der Waals surface area contributed by atoms with E-state index in [1.54, 1.807) is 0 Å². The molecule has 3 fully saturated rings. The molecule has 1 N–H and O–H groups in total. The fourth-order valence-corrected chi connectivity index (χ4v) is 4.02. The third-order valence-corrected chi connectivity index (χ3v) is 5.41. The number of rotatable bonds is 6. The van der Waals surface area contributed by atoms with Gasteiger partial charge in [0, 0.05) is 52.0 Å². The van der Waals surface area contributed by atoms with Gasteiger partial charge in [-0.25, -0.2) is 0 Å². The zero-order valence-corrected chi connectivity index (χ0v) is 13.8. The fraction of sp³-hybridized carbons (Fsp3) is 1.00. The third kappa shape index (κ3) is 4.90. The Morgan fingerprint density at radius 1 is 1.00 bits per heavy atom. The first-order valence-corrected chi connectivity index (χ1v) is 9.15. The minimum Gasteiger partial charge on any atom is -0.389 e. The molecule has 0 aromatic heterocycles. The van der Waals surface area contributed by atoms with Crippen molar-refractivity contribution in [3.63, 3.8) is 0 Å². The largest absolute Gasteiger partial charge is 0.389 e. The van der Waals surface area contributed by atoms with Crippen LogP contribution in [0.25, 0.3) is 0 Å². The summed E-state index contributed by atoms with van der Waals surface area (Å²) in [6.07, 6.45) is 7.45. The van der Waals surface area contributed by atoms with E-state index in [1.807, 2.05) is 0 Å². The van der Waals surface area contributed by atoms with E-state index >= 15 is 0 Å². The highest BCUT2D eigenvalue weighted by molar-refractivity contribution is 4.82. The van der Waals surface area contributed by atoms with Gasteiger partial charge in [0.05, 0.1) is 18.8 Å². The molecule has 0 bridgehead atoms. The smallest absolute Gasteiger partial charge is 0.0900 e. The zero-order valence-electron chi connectivity index (χ0n) is 13.8. The number of nitrogens with zero attached hydrogens (tertiary/aromatic N) is 2. The third-order valence-electron chi connectivity index (χ3n) is 5.41. The number of hydrogen-bond donors (Lipinski definition) is 1. The molecule has 0 aromatic carbocycles. The Labute approximate surface area is 134 Å². The average Bonchev–Trinajstić information content (AvgIpc) is 3.09. The van der Waals surface area contributed by atoms with E-state index in [2.05, 4.69) is 9.80 Å². The molecule has 2 aliphatic heterocycles. The van der Waals surface area contributed by atoms with Crippen LogP contribution in [-0.4, -0.2) is 85.7 Å². The van der Waals surface area contributed by atoms with Crippen LogP contribution in [0.1, 0.15) is 38.5 Å². The summed E-state index contributed by atoms with van der Waals surface area (Å²) >= 11 is 0. The van der Waals surface area contributed by atoms with Crippen molar-refractivity contribution < 1.29 is 14.6 Å². The molecule has 5 heteroatoms. The Bertz CT molecular complexity index is 309. The average molecular weight is 312 g/mol. The van der Waals surface area contributed by atoms with Gasteiger partial charge in [-0.3, -0.25) is 9.80 Å². The molecule has 0 aromatic rings. The van der Waals surface area contributed by atoms with Crippen molar-refractivity contribution in [3.05, 3.63) is 0 Å². The first kappa shape index (κ1) is 16.7. The molecule has 0 spiro atoms. The lowest BCUT2D eigenvalue weighted by Gasteiger charge is -2.38. The Kier molecular flexibility index (Phi) is 6.51. The minimum absolute atomic E-state index is 0.280. The quantitative estimate of drug-likeness (QED) is 0.796. The number of aliphatic hydroxyl groups excluding tert-OH is 1. The molecule has 3 rings (SSSR count). The van der Waals surface area contributed by atoms with Gasteiger partial charge in [-0.1, -0.05) is 12.8 Å². The van der Waals surface area contributed by atoms with Gasteiger partial charge >= 0.3 is 0 Å². The van der Waals surface area contributed by atoms with Crippen LogP contribution in [0, 0.1) is 0 Å². The predicted molar refractivity (Wildman–Crippen MR) is 86.1 cm³/mol. The molecule has 5 nitrogen and oxygen atoms in total. The van der Waals surface area contributed by atoms with E-state index in [4.69, 9.17) is 9.47 Å². The molecule has 0 radical (unpaired) electrons. The predicted octanol–water partition coefficient (Wildman–Crippen LogP) is 1.10. The number of aliphatic hydroxyl groups is 1. The van der Waals surface area contributed by atoms with Crippen LogP contribution in [0.3, 0.4) is 0 Å². The fourth-order valence-electron chi connectivity index (χ4n) is 4.02. The van der Waals surface area contributed by atoms with Crippen molar-refractivity contribution in [2.45, 2.75) is 56.8 Å². The van der Waals surface area contributed by atoms with Crippen molar-refractivity contribution in [2.75, 3.05) is 52.5 Å². The highest BCUT2D eigenvalue weighted by Crippen LogP contribution is 2.24. The summed E-state index contributed by atoms with van der Waals surface area (Å²) in [5, 5.41) is 10.2. The molecule has 3 aliphatic rings. The number of hydrogen-bond acceptors (Lipinski definition) is 5. The normalized spacial score (nSPS) is 28.2. The Morgan fingerprint density at radius 3 is 2.36 bits per heavy atom. The van der Waals surface area contributed by atoms with E-state index in [-0.39, 0.29) is 12.2 Å². The molecule has 1 aliphatic carbocycles. The van der Waals surface area contributed by atoms with Crippen LogP contribution >= 0.6 is 0 Å². The van der Waals surface area contributed by atoms with Crippen LogP contribution in [0.15, 0.2) is 0 Å². The first-order chi connectivity index (χ1) is 10.8. The summed E-state index contributed by atoms with van der Waals surface area (Å²) in [5.74, 6) is 0. The van der Waals surface area contributed by atoms with Gasteiger partial charge in [0.1, 0.15) is 0 Å². The molecule has 22 heavy (non-hydrogen) atoms. The van der Waals surface area contributed by atoms with Crippen LogP contribution in [0.2, 0.25) is 0 Å². The SMILES string of the molecule is OC(COC1CCOCC1)CN1CCN(C2CCCC2)CC1. The highest BCUT2D eigenvalue weighted by atomic mass is 16.5. The van der Waals surface area contributed by atoms with E-state index < -0.39 is 0 Å². The van der Waals surface area contributed by atoms with Crippen LogP contribution in [-0.2, 0) is 9.47 Å². The van der Waals surface area contributed by atoms with E-state index in [0.29, 0.717) is 6.61 Å². The summed E-state index contributed by atoms with van der Waals surface area (Å²) in [5.41, 5.74) is 0. The van der Waals surface area contributed by atoms with Gasteiger partial charge in [-0.2, -0.15) is 0 Å². The second-order valence-electron chi connectivity index (χ2n) is 7.07. The second-order valence-corrected chi connectivity index (χ2v) is 7.07. The van der Waals surface area contributed by atoms with E-state index in [1.165, 1.54) is 25.7 Å². The zero-order chi connectivity index (χ0) is 15.2. The van der Waals surface area contributed by atoms with Crippen LogP contribution < -0.4 is 0 Å². The summed E-state index contributed by atoms with van der Waals surface area (Å²) in [7, 11) is 0. The first-order valence-electron chi connectivity index (χ1n) is 9.15. The molecule has 1 unspecified atom stereocenters. The summed E-state index contributed by atoms with van der Waals surface area (Å²) in [6, 6.07) is 0.837. The maximum atomic E-state index is 10.2. The Morgan fingerprint density at radius 2 is 1.68 bits per heavy atom. The maximum Gasteiger partial charge on any atom is 0.0900 e. The molecule has 2 saturated heterocycles. The lowest BCUT2D eigenvalue weighted by atomic mass is 10.1. The molecule has 0 amide bonds. The van der Waals surface area contributed by atoms with Crippen molar-refractivity contribution in [1.29, 1.82) is 0 Å². The van der Waals surface area contributed by atoms with Gasteiger partial charge in [0.2, 0.25) is 0 Å². The molecule has 2 heterocycles. The molecule has 1 saturated carbocycles. The van der Waals surface area contributed by atoms with Gasteiger partial charge in [-0.15, -0.1) is 0 Å². The van der Waals surface area contributed by atoms with Gasteiger partial charge in [0.15, 0.2) is 0 Å². The summed E-state index contributed by atoms with van der Waals surface area (Å²) in [6.45, 7) is 7.31. The van der Waals surface area contributed by atoms with E-state index in [0.717, 1.165) is 64.8 Å². The topological polar surface area (TPSA) is 45.2 Å². The maximum absolute atomic E-state index is 10.2. The van der Waals surface area contributed by atoms with Crippen molar-refractivity contribution in [2.24, 2.45) is 0 Å². The lowest BCUT2D eigenvalue weighted by Crippen LogP contribution is -2.51. The number of piperazine rings is 1. The highest BCUT2D eigenvalue weighted by Gasteiger charge is 2.27. The number of β-amino-alcohol motifs (C(OH)–C–C–N with tert-alkyl or cyclic N) is 1. The van der Waals surface area contributed by atoms with Crippen molar-refractivity contribution >= 4 is 0 Å². The van der Waals surface area contributed by atoms with Crippen LogP contribution in [0.4, 0.5) is 0 Å². The standard InChI is InChI=1S/C17H32N2O3/c20-16(14-22-17-5-11-21-12-6-17)13-18-7-9-19(10-8-18)15-3-1-2-4-15/h15-17,20H,1-14H2. The minimum atomic E-state index is -0.360. The lowest BCUT2D eigenvalue weighted by molar-refractivity contribution is -0.0662. The summed E-state index contributed by atoms with van der Waals surface area (Å²) in [4.78, 5) is 5.05. The van der Waals surface area contributed by atoms with Crippen molar-refractivity contribution in [1.82, 2.24) is 9.80 Å². The summed E-state index contributed by atoms with van der Waals surface area (Å²) < 4.78 is 11.1.